The number of anilines is 1. The van der Waals surface area contributed by atoms with Gasteiger partial charge >= 0.3 is 0 Å². The third kappa shape index (κ3) is 5.51. The quantitative estimate of drug-likeness (QED) is 0.615. The number of aromatic nitrogens is 3. The van der Waals surface area contributed by atoms with Gasteiger partial charge in [0.25, 0.3) is 0 Å². The molecule has 1 amide bonds. The molecule has 128 valence electrons. The Labute approximate surface area is 154 Å². The molecular formula is C17H15ClN4O2S. The molecule has 2 aromatic carbocycles. The summed E-state index contributed by atoms with van der Waals surface area (Å²) < 4.78 is 5.59. The first-order chi connectivity index (χ1) is 12.2. The zero-order chi connectivity index (χ0) is 17.5. The Hall–Kier alpha value is -2.51. The number of ether oxygens (including phenoxy) is 1. The molecule has 0 radical (unpaired) electrons. The molecule has 25 heavy (non-hydrogen) atoms. The number of rotatable bonds is 7. The van der Waals surface area contributed by atoms with Crippen LogP contribution in [0.1, 0.15) is 5.82 Å². The van der Waals surface area contributed by atoms with Crippen LogP contribution in [0.15, 0.2) is 59.8 Å². The lowest BCUT2D eigenvalue weighted by molar-refractivity contribution is -0.113. The number of carbonyl (C=O) groups excluding carboxylic acids is 1. The number of para-hydroxylation sites is 1. The molecule has 3 rings (SSSR count). The molecule has 0 fully saturated rings. The number of carbonyl (C=O) groups is 1. The number of nitrogens with one attached hydrogen (secondary N) is 2. The average Bonchev–Trinajstić information content (AvgIpc) is 3.07. The molecule has 0 unspecified atom stereocenters. The Balaban J connectivity index is 1.45. The highest BCUT2D eigenvalue weighted by Gasteiger charge is 2.09. The van der Waals surface area contributed by atoms with Crippen LogP contribution in [-0.2, 0) is 11.4 Å². The van der Waals surface area contributed by atoms with E-state index in [0.29, 0.717) is 21.7 Å². The number of H-pyrrole nitrogens is 1. The molecule has 6 nitrogen and oxygen atoms in total. The maximum Gasteiger partial charge on any atom is 0.234 e. The number of halogens is 1. The van der Waals surface area contributed by atoms with E-state index in [1.807, 2.05) is 30.3 Å². The Bertz CT molecular complexity index is 841. The van der Waals surface area contributed by atoms with Crippen molar-refractivity contribution in [1.29, 1.82) is 0 Å². The molecule has 0 saturated carbocycles. The maximum atomic E-state index is 11.9. The Kier molecular flexibility index (Phi) is 5.92. The number of amides is 1. The fourth-order valence-corrected chi connectivity index (χ4v) is 2.78. The predicted octanol–water partition coefficient (Wildman–Crippen LogP) is 3.77. The van der Waals surface area contributed by atoms with Crippen molar-refractivity contribution < 1.29 is 9.53 Å². The van der Waals surface area contributed by atoms with Crippen molar-refractivity contribution in [3.8, 4) is 5.75 Å². The van der Waals surface area contributed by atoms with E-state index in [2.05, 4.69) is 20.5 Å². The SMILES string of the molecule is O=C(CSc1n[nH]c(COc2ccccc2)n1)Nc1cccc(Cl)c1. The topological polar surface area (TPSA) is 79.9 Å². The lowest BCUT2D eigenvalue weighted by Gasteiger charge is -2.04. The summed E-state index contributed by atoms with van der Waals surface area (Å²) in [6.07, 6.45) is 0. The molecule has 0 aliphatic carbocycles. The molecule has 0 aliphatic heterocycles. The molecule has 0 aliphatic rings. The van der Waals surface area contributed by atoms with Gasteiger partial charge < -0.3 is 10.1 Å². The van der Waals surface area contributed by atoms with Gasteiger partial charge in [-0.25, -0.2) is 4.98 Å². The smallest absolute Gasteiger partial charge is 0.234 e. The lowest BCUT2D eigenvalue weighted by Crippen LogP contribution is -2.14. The summed E-state index contributed by atoms with van der Waals surface area (Å²) in [6.45, 7) is 0.284. The summed E-state index contributed by atoms with van der Waals surface area (Å²) in [4.78, 5) is 16.2. The van der Waals surface area contributed by atoms with Gasteiger partial charge in [0, 0.05) is 10.7 Å². The normalized spacial score (nSPS) is 10.4. The van der Waals surface area contributed by atoms with Crippen LogP contribution in [0, 0.1) is 0 Å². The lowest BCUT2D eigenvalue weighted by atomic mass is 10.3. The van der Waals surface area contributed by atoms with Crippen molar-refractivity contribution in [2.24, 2.45) is 0 Å². The van der Waals surface area contributed by atoms with Crippen LogP contribution in [0.5, 0.6) is 5.75 Å². The maximum absolute atomic E-state index is 11.9. The van der Waals surface area contributed by atoms with Crippen LogP contribution >= 0.6 is 23.4 Å². The van der Waals surface area contributed by atoms with Crippen LogP contribution in [0.4, 0.5) is 5.69 Å². The summed E-state index contributed by atoms with van der Waals surface area (Å²) in [5.74, 6) is 1.40. The summed E-state index contributed by atoms with van der Waals surface area (Å²) in [7, 11) is 0. The van der Waals surface area contributed by atoms with Gasteiger partial charge in [-0.3, -0.25) is 9.89 Å². The van der Waals surface area contributed by atoms with Crippen LogP contribution in [0.25, 0.3) is 0 Å². The van der Waals surface area contributed by atoms with Gasteiger partial charge in [-0.05, 0) is 30.3 Å². The highest BCUT2D eigenvalue weighted by molar-refractivity contribution is 7.99. The zero-order valence-corrected chi connectivity index (χ0v) is 14.7. The summed E-state index contributed by atoms with van der Waals surface area (Å²) >= 11 is 7.13. The van der Waals surface area contributed by atoms with Gasteiger partial charge in [-0.1, -0.05) is 47.6 Å². The third-order valence-electron chi connectivity index (χ3n) is 3.07. The largest absolute Gasteiger partial charge is 0.486 e. The molecule has 0 saturated heterocycles. The number of aromatic amines is 1. The minimum absolute atomic E-state index is 0.154. The average molecular weight is 375 g/mol. The number of benzene rings is 2. The molecule has 0 bridgehead atoms. The van der Waals surface area contributed by atoms with Crippen molar-refractivity contribution in [2.45, 2.75) is 11.8 Å². The Morgan fingerprint density at radius 1 is 1.20 bits per heavy atom. The summed E-state index contributed by atoms with van der Waals surface area (Å²) in [6, 6.07) is 16.4. The molecule has 3 aromatic rings. The fraction of sp³-hybridized carbons (Fsp3) is 0.118. The molecule has 0 atom stereocenters. The van der Waals surface area contributed by atoms with Gasteiger partial charge in [-0.2, -0.15) is 0 Å². The molecule has 1 aromatic heterocycles. The highest BCUT2D eigenvalue weighted by Crippen LogP contribution is 2.17. The third-order valence-corrected chi connectivity index (χ3v) is 4.15. The Morgan fingerprint density at radius 3 is 2.84 bits per heavy atom. The van der Waals surface area contributed by atoms with Crippen molar-refractivity contribution in [3.05, 3.63) is 65.4 Å². The number of hydrogen-bond acceptors (Lipinski definition) is 5. The summed E-state index contributed by atoms with van der Waals surface area (Å²) in [5, 5.41) is 10.7. The number of nitrogens with zero attached hydrogens (tertiary/aromatic N) is 2. The molecule has 1 heterocycles. The molecule has 0 spiro atoms. The second-order valence-electron chi connectivity index (χ2n) is 5.01. The first kappa shape index (κ1) is 17.3. The van der Waals surface area contributed by atoms with Crippen molar-refractivity contribution in [1.82, 2.24) is 15.2 Å². The Morgan fingerprint density at radius 2 is 2.04 bits per heavy atom. The van der Waals surface area contributed by atoms with Crippen molar-refractivity contribution in [3.63, 3.8) is 0 Å². The molecule has 8 heteroatoms. The van der Waals surface area contributed by atoms with E-state index in [-0.39, 0.29) is 18.3 Å². The second-order valence-corrected chi connectivity index (χ2v) is 6.39. The van der Waals surface area contributed by atoms with Crippen LogP contribution in [-0.4, -0.2) is 26.8 Å². The molecular weight excluding hydrogens is 360 g/mol. The van der Waals surface area contributed by atoms with Gasteiger partial charge in [0.2, 0.25) is 11.1 Å². The first-order valence-corrected chi connectivity index (χ1v) is 8.83. The zero-order valence-electron chi connectivity index (χ0n) is 13.1. The number of hydrogen-bond donors (Lipinski definition) is 2. The number of thioether (sulfide) groups is 1. The minimum atomic E-state index is -0.154. The van der Waals surface area contributed by atoms with E-state index < -0.39 is 0 Å². The first-order valence-electron chi connectivity index (χ1n) is 7.46. The standard InChI is InChI=1S/C17H15ClN4O2S/c18-12-5-4-6-13(9-12)19-16(23)11-25-17-20-15(21-22-17)10-24-14-7-2-1-3-8-14/h1-9H,10-11H2,(H,19,23)(H,20,21,22). The van der Waals surface area contributed by atoms with Gasteiger partial charge in [0.1, 0.15) is 12.4 Å². The van der Waals surface area contributed by atoms with Crippen LogP contribution < -0.4 is 10.1 Å². The highest BCUT2D eigenvalue weighted by atomic mass is 35.5. The van der Waals surface area contributed by atoms with Gasteiger partial charge in [-0.15, -0.1) is 5.10 Å². The van der Waals surface area contributed by atoms with E-state index >= 15 is 0 Å². The van der Waals surface area contributed by atoms with Crippen molar-refractivity contribution >= 4 is 35.0 Å². The molecule has 2 N–H and O–H groups in total. The second kappa shape index (κ2) is 8.55. The summed E-state index contributed by atoms with van der Waals surface area (Å²) in [5.41, 5.74) is 0.657. The predicted molar refractivity (Wildman–Crippen MR) is 98.0 cm³/mol. The van der Waals surface area contributed by atoms with Crippen LogP contribution in [0.2, 0.25) is 5.02 Å². The fourth-order valence-electron chi connectivity index (χ4n) is 1.97. The van der Waals surface area contributed by atoms with E-state index in [4.69, 9.17) is 16.3 Å². The van der Waals surface area contributed by atoms with Gasteiger partial charge in [0.15, 0.2) is 5.82 Å². The van der Waals surface area contributed by atoms with Gasteiger partial charge in [0.05, 0.1) is 5.75 Å². The van der Waals surface area contributed by atoms with Crippen LogP contribution in [0.3, 0.4) is 0 Å². The monoisotopic (exact) mass is 374 g/mol. The van der Waals surface area contributed by atoms with E-state index in [1.54, 1.807) is 24.3 Å². The van der Waals surface area contributed by atoms with E-state index in [1.165, 1.54) is 11.8 Å². The van der Waals surface area contributed by atoms with Crippen molar-refractivity contribution in [2.75, 3.05) is 11.1 Å². The minimum Gasteiger partial charge on any atom is -0.486 e. The van der Waals surface area contributed by atoms with E-state index in [0.717, 1.165) is 5.75 Å². The van der Waals surface area contributed by atoms with E-state index in [9.17, 15) is 4.79 Å².